The number of amides is 6. The van der Waals surface area contributed by atoms with E-state index in [1.165, 1.54) is 54.6 Å². The first-order chi connectivity index (χ1) is 60.6. The molecular formula is C92H92Br2ClF3N14O15. The molecule has 0 saturated carbocycles. The first kappa shape index (κ1) is 92.0. The molecule has 0 radical (unpaired) electrons. The number of likely N-dealkylation sites (tertiary alicyclic amines) is 4. The maximum Gasteiger partial charge on any atom is 0.417 e. The number of carbonyl (C=O) groups excluding carboxylic acids is 10. The lowest BCUT2D eigenvalue weighted by atomic mass is 9.94. The lowest BCUT2D eigenvalue weighted by molar-refractivity contribution is -0.384. The fourth-order valence-corrected chi connectivity index (χ4v) is 18.3. The number of halogens is 6. The molecule has 0 unspecified atom stereocenters. The van der Waals surface area contributed by atoms with Crippen molar-refractivity contribution in [3.63, 3.8) is 0 Å². The third-order valence-electron chi connectivity index (χ3n) is 23.9. The molecule has 5 saturated heterocycles. The zero-order valence-corrected chi connectivity index (χ0v) is 73.9. The lowest BCUT2D eigenvalue weighted by Gasteiger charge is -2.38. The second-order valence-electron chi connectivity index (χ2n) is 32.4. The van der Waals surface area contributed by atoms with E-state index < -0.39 is 21.6 Å². The number of non-ortho nitro benzene ring substituents is 2. The molecule has 6 aliphatic rings. The van der Waals surface area contributed by atoms with Crippen molar-refractivity contribution in [1.29, 1.82) is 0 Å². The van der Waals surface area contributed by atoms with Crippen LogP contribution in [0.25, 0.3) is 43.6 Å². The number of anilines is 1. The predicted molar refractivity (Wildman–Crippen MR) is 479 cm³/mol. The van der Waals surface area contributed by atoms with Gasteiger partial charge in [0.05, 0.1) is 65.3 Å². The Hall–Kier alpha value is -12.7. The number of pyridine rings is 1. The van der Waals surface area contributed by atoms with Crippen molar-refractivity contribution in [2.45, 2.75) is 84.9 Å². The minimum Gasteiger partial charge on any atom is -0.496 e. The molecule has 662 valence electrons. The lowest BCUT2D eigenvalue weighted by Crippen LogP contribution is -2.50. The summed E-state index contributed by atoms with van der Waals surface area (Å²) in [5, 5.41) is 25.2. The number of ether oxygens (including phenoxy) is 1. The van der Waals surface area contributed by atoms with Crippen LogP contribution in [0.15, 0.2) is 187 Å². The third kappa shape index (κ3) is 20.9. The van der Waals surface area contributed by atoms with Gasteiger partial charge in [-0.3, -0.25) is 68.2 Å². The predicted octanol–water partition coefficient (Wildman–Crippen LogP) is 14.2. The second kappa shape index (κ2) is 39.5. The normalized spacial score (nSPS) is 15.2. The van der Waals surface area contributed by atoms with Gasteiger partial charge < -0.3 is 57.3 Å². The highest BCUT2D eigenvalue weighted by Crippen LogP contribution is 2.38. The number of piperazine rings is 1. The number of aromatic nitrogens is 5. The van der Waals surface area contributed by atoms with Gasteiger partial charge in [-0.05, 0) is 139 Å². The maximum atomic E-state index is 13.9. The molecule has 11 heterocycles. The molecule has 0 bridgehead atoms. The van der Waals surface area contributed by atoms with Gasteiger partial charge in [-0.25, -0.2) is 4.98 Å². The van der Waals surface area contributed by atoms with Crippen LogP contribution in [0.2, 0.25) is 5.02 Å². The highest BCUT2D eigenvalue weighted by Gasteiger charge is 2.38. The van der Waals surface area contributed by atoms with Crippen LogP contribution in [0.3, 0.4) is 0 Å². The molecule has 0 spiro atoms. The van der Waals surface area contributed by atoms with E-state index in [1.54, 1.807) is 77.4 Å². The van der Waals surface area contributed by atoms with Crippen LogP contribution < -0.4 is 9.64 Å². The van der Waals surface area contributed by atoms with E-state index in [0.717, 1.165) is 84.0 Å². The molecule has 6 aliphatic heterocycles. The quantitative estimate of drug-likeness (QED) is 0.0276. The Balaban J connectivity index is 0.000000149. The minimum absolute atomic E-state index is 0.0127. The number of alkyl halides is 3. The topological polar surface area (TPSA) is 321 Å². The van der Waals surface area contributed by atoms with E-state index in [4.69, 9.17) is 16.3 Å². The van der Waals surface area contributed by atoms with Gasteiger partial charge in [-0.15, -0.1) is 0 Å². The number of hydrogen-bond acceptors (Lipinski definition) is 17. The van der Waals surface area contributed by atoms with E-state index in [-0.39, 0.29) is 120 Å². The summed E-state index contributed by atoms with van der Waals surface area (Å²) in [5.41, 5.74) is 7.20. The molecule has 10 aromatic rings. The van der Waals surface area contributed by atoms with Crippen LogP contribution in [0.4, 0.5) is 30.4 Å². The van der Waals surface area contributed by atoms with E-state index in [0.29, 0.717) is 155 Å². The van der Waals surface area contributed by atoms with Crippen LogP contribution in [0.5, 0.6) is 5.75 Å². The van der Waals surface area contributed by atoms with Crippen molar-refractivity contribution in [2.75, 3.05) is 97.1 Å². The molecule has 5 aromatic heterocycles. The first-order valence-corrected chi connectivity index (χ1v) is 43.1. The van der Waals surface area contributed by atoms with Gasteiger partial charge in [0.2, 0.25) is 23.6 Å². The number of nitro groups is 2. The Bertz CT molecular complexity index is 6090. The number of hydrogen-bond donors (Lipinski definition) is 0. The van der Waals surface area contributed by atoms with Gasteiger partial charge in [0, 0.05) is 253 Å². The fraction of sp³-hybridized carbons (Fsp3) is 0.337. The zero-order chi connectivity index (χ0) is 91.1. The molecule has 29 nitrogen and oxygen atoms in total. The van der Waals surface area contributed by atoms with Crippen molar-refractivity contribution < 1.29 is 75.7 Å². The highest BCUT2D eigenvalue weighted by atomic mass is 79.9. The number of rotatable bonds is 26. The molecule has 127 heavy (non-hydrogen) atoms. The van der Waals surface area contributed by atoms with Crippen LogP contribution in [0, 0.1) is 57.7 Å². The van der Waals surface area contributed by atoms with Crippen molar-refractivity contribution in [2.24, 2.45) is 23.7 Å². The number of carbonyl (C=O) groups is 10. The summed E-state index contributed by atoms with van der Waals surface area (Å²) >= 11 is 13.2. The van der Waals surface area contributed by atoms with Crippen molar-refractivity contribution >= 4 is 163 Å². The molecule has 0 atom stereocenters. The Labute approximate surface area is 749 Å². The summed E-state index contributed by atoms with van der Waals surface area (Å²) in [4.78, 5) is 161. The van der Waals surface area contributed by atoms with Crippen LogP contribution in [0.1, 0.15) is 74.5 Å². The smallest absolute Gasteiger partial charge is 0.417 e. The molecule has 5 aromatic carbocycles. The molecule has 35 heteroatoms. The number of methoxy groups -OCH3 is 1. The van der Waals surface area contributed by atoms with Gasteiger partial charge in [0.1, 0.15) is 11.6 Å². The van der Waals surface area contributed by atoms with Crippen molar-refractivity contribution in [3.05, 3.63) is 252 Å². The zero-order valence-electron chi connectivity index (χ0n) is 70.0. The summed E-state index contributed by atoms with van der Waals surface area (Å²) in [5.74, 6) is 1.52. The van der Waals surface area contributed by atoms with Crippen LogP contribution in [-0.2, 0) is 83.7 Å². The highest BCUT2D eigenvalue weighted by molar-refractivity contribution is 9.11. The number of nitro benzene ring substituents is 2. The second-order valence-corrected chi connectivity index (χ2v) is 34.6. The van der Waals surface area contributed by atoms with E-state index >= 15 is 0 Å². The Morgan fingerprint density at radius 3 is 1.47 bits per heavy atom. The SMILES string of the molecule is C=CC(=O)N1CC(CC(=O)Cn2c(C)c(C(=O)N3CCN(c4ccc(C(F)(F)F)cn4)CC3)c3cc(Br)ccc32)C1.C=CC(=O)N1CC(CC(=O)Cn2c(C)c(C(=O)N3CCc4c(cccc4OC)C3)c3cc(Cl)ccc32)C1.C=CC(=O)N1CC(CC(=O)Cn2cc(Br)c3cc([N+](=O)[O-])ccc32)C1.C=CC(=O)N1CC(CC(=O)Cn2ccc3cc([N+](=O)[O-])ccc32)C1. The Morgan fingerprint density at radius 2 is 0.992 bits per heavy atom. The molecule has 5 fully saturated rings. The molecule has 16 rings (SSSR count). The standard InChI is InChI=1S/C29H29BrF3N5O3.C29H30ClN3O4.C17H16BrN3O4.C17H17N3O4/c1-3-26(40)37-15-19(16-37)12-22(39)17-38-18(2)27(23-13-21(30)5-6-24(23)38)28(41)36-10-8-35(9-11-36)25-7-4-20(14-34-25)29(31,32)33;1-4-27(35)32-14-19(15-32)12-22(34)17-33-18(2)28(24-13-21(30)8-9-25(24)33)29(36)31-11-10-23-20(16-31)6-5-7-26(23)37-3;1-2-17(23)20-7-11(8-20)5-13(22)9-19-10-15(18)14-6-12(21(24)25)3-4-16(14)19;1-2-17(22)19-9-12(10-19)7-15(21)11-18-6-5-13-8-14(20(23)24)3-4-16(13)18/h3-7,13-14,19H,1,8-12,15-17H2,2H3;4-9,13,19H,1,10-12,14-17H2,2-3H3;2-4,6,10-11H,1,5,7-9H2;2-6,8,12H,1,7,9-11H2. The van der Waals surface area contributed by atoms with Gasteiger partial charge in [0.25, 0.3) is 23.2 Å². The average Bonchev–Trinajstić information content (AvgIpc) is 1.60. The van der Waals surface area contributed by atoms with Gasteiger partial charge in [0.15, 0.2) is 23.1 Å². The number of fused-ring (bicyclic) bond motifs is 5. The Morgan fingerprint density at radius 1 is 0.528 bits per heavy atom. The summed E-state index contributed by atoms with van der Waals surface area (Å²) < 4.78 is 53.1. The third-order valence-corrected chi connectivity index (χ3v) is 25.2. The van der Waals surface area contributed by atoms with Crippen molar-refractivity contribution in [1.82, 2.24) is 52.7 Å². The molecular weight excluding hydrogens is 1790 g/mol. The molecule has 6 amide bonds. The summed E-state index contributed by atoms with van der Waals surface area (Å²) in [6.07, 6.45) is 7.33. The summed E-state index contributed by atoms with van der Waals surface area (Å²) in [6.45, 7) is 25.6. The average molecular weight is 1890 g/mol. The largest absolute Gasteiger partial charge is 0.496 e. The first-order valence-electron chi connectivity index (χ1n) is 41.1. The number of nitrogens with zero attached hydrogens (tertiary/aromatic N) is 14. The number of ketones is 4. The fourth-order valence-electron chi connectivity index (χ4n) is 17.2. The monoisotopic (exact) mass is 1880 g/mol. The van der Waals surface area contributed by atoms with Crippen LogP contribution >= 0.6 is 43.5 Å². The van der Waals surface area contributed by atoms with Crippen LogP contribution in [-0.4, -0.2) is 213 Å². The van der Waals surface area contributed by atoms with E-state index in [2.05, 4.69) is 63.2 Å². The van der Waals surface area contributed by atoms with Gasteiger partial charge in [-0.2, -0.15) is 13.2 Å². The van der Waals surface area contributed by atoms with Gasteiger partial charge >= 0.3 is 6.18 Å². The summed E-state index contributed by atoms with van der Waals surface area (Å²) in [7, 11) is 1.66. The van der Waals surface area contributed by atoms with Crippen molar-refractivity contribution in [3.8, 4) is 5.75 Å². The Kier molecular flexibility index (Phi) is 28.6. The maximum absolute atomic E-state index is 13.9. The van der Waals surface area contributed by atoms with E-state index in [9.17, 15) is 81.3 Å². The molecule has 0 N–H and O–H groups in total. The molecule has 0 aliphatic carbocycles. The van der Waals surface area contributed by atoms with Gasteiger partial charge in [-0.1, -0.05) is 66.0 Å². The number of benzene rings is 5. The van der Waals surface area contributed by atoms with E-state index in [1.807, 2.05) is 81.3 Å². The summed E-state index contributed by atoms with van der Waals surface area (Å²) in [6, 6.07) is 30.3. The number of Topliss-reactive ketones (excluding diaryl/α,β-unsaturated/α-hetero) is 4. The minimum atomic E-state index is -4.45.